The van der Waals surface area contributed by atoms with Gasteiger partial charge >= 0.3 is 6.03 Å². The first kappa shape index (κ1) is 13.9. The summed E-state index contributed by atoms with van der Waals surface area (Å²) in [6.45, 7) is 5.56. The number of rotatable bonds is 2. The smallest absolute Gasteiger partial charge is 0.317 e. The summed E-state index contributed by atoms with van der Waals surface area (Å²) in [6.07, 6.45) is 0. The minimum Gasteiger partial charge on any atom is -0.336 e. The first-order valence-electron chi connectivity index (χ1n) is 7.11. The molecule has 4 rings (SSSR count). The largest absolute Gasteiger partial charge is 0.336 e. The average molecular weight is 338 g/mol. The van der Waals surface area contributed by atoms with E-state index in [0.717, 1.165) is 17.6 Å². The van der Waals surface area contributed by atoms with Gasteiger partial charge in [-0.25, -0.2) is 4.79 Å². The zero-order chi connectivity index (χ0) is 14.3. The molecule has 1 unspecified atom stereocenters. The van der Waals surface area contributed by atoms with Crippen molar-refractivity contribution in [3.8, 4) is 0 Å². The van der Waals surface area contributed by atoms with Crippen LogP contribution in [0.25, 0.3) is 0 Å². The van der Waals surface area contributed by atoms with Gasteiger partial charge < -0.3 is 15.5 Å². The average Bonchev–Trinajstić information content (AvgIpc) is 2.40. The molecule has 108 valence electrons. The molecule has 2 bridgehead atoms. The highest BCUT2D eigenvalue weighted by Gasteiger charge is 2.48. The van der Waals surface area contributed by atoms with E-state index in [9.17, 15) is 4.79 Å². The lowest BCUT2D eigenvalue weighted by atomic mass is 9.74. The Bertz CT molecular complexity index is 490. The van der Waals surface area contributed by atoms with Crippen LogP contribution in [0.1, 0.15) is 25.3 Å². The number of nitrogens with one attached hydrogen (secondary N) is 2. The van der Waals surface area contributed by atoms with Crippen molar-refractivity contribution in [1.82, 2.24) is 15.5 Å². The van der Waals surface area contributed by atoms with Crippen LogP contribution in [0.4, 0.5) is 4.79 Å². The lowest BCUT2D eigenvalue weighted by Crippen LogP contribution is -2.73. The number of nitrogens with zero attached hydrogens (tertiary/aromatic N) is 1. The Balaban J connectivity index is 1.65. The molecule has 3 saturated heterocycles. The van der Waals surface area contributed by atoms with Gasteiger partial charge in [0.1, 0.15) is 0 Å². The van der Waals surface area contributed by atoms with E-state index in [1.807, 2.05) is 18.7 Å². The Kier molecular flexibility index (Phi) is 3.73. The van der Waals surface area contributed by atoms with Crippen LogP contribution >= 0.6 is 15.9 Å². The highest BCUT2D eigenvalue weighted by atomic mass is 79.9. The van der Waals surface area contributed by atoms with Crippen molar-refractivity contribution < 1.29 is 4.79 Å². The second-order valence-electron chi connectivity index (χ2n) is 5.97. The molecule has 1 aromatic carbocycles. The van der Waals surface area contributed by atoms with Crippen molar-refractivity contribution in [2.75, 3.05) is 13.1 Å². The number of benzene rings is 1. The molecular weight excluding hydrogens is 318 g/mol. The van der Waals surface area contributed by atoms with Crippen LogP contribution in [0, 0.1) is 0 Å². The molecule has 0 spiro atoms. The Labute approximate surface area is 128 Å². The Morgan fingerprint density at radius 3 is 2.45 bits per heavy atom. The maximum atomic E-state index is 12.0. The SMILES string of the molecule is CC(C)NC(=O)N1C[C@@H]2N[C@H](C1)C2c1ccc(Br)cc1. The third-order valence-corrected chi connectivity index (χ3v) is 4.61. The molecular formula is C15H20BrN3O. The third kappa shape index (κ3) is 2.56. The molecule has 0 aromatic heterocycles. The fourth-order valence-electron chi connectivity index (χ4n) is 3.18. The van der Waals surface area contributed by atoms with Crippen molar-refractivity contribution in [2.45, 2.75) is 37.9 Å². The molecule has 20 heavy (non-hydrogen) atoms. The number of piperidine rings is 1. The maximum Gasteiger partial charge on any atom is 0.317 e. The van der Waals surface area contributed by atoms with Gasteiger partial charge in [0.05, 0.1) is 0 Å². The monoisotopic (exact) mass is 337 g/mol. The highest BCUT2D eigenvalue weighted by Crippen LogP contribution is 2.37. The van der Waals surface area contributed by atoms with Gasteiger partial charge in [-0.15, -0.1) is 0 Å². The summed E-state index contributed by atoms with van der Waals surface area (Å²) in [4.78, 5) is 14.0. The molecule has 3 atom stereocenters. The molecule has 4 nitrogen and oxygen atoms in total. The van der Waals surface area contributed by atoms with Gasteiger partial charge in [-0.05, 0) is 31.5 Å². The first-order valence-corrected chi connectivity index (χ1v) is 7.91. The van der Waals surface area contributed by atoms with E-state index in [4.69, 9.17) is 0 Å². The maximum absolute atomic E-state index is 12.0. The number of amides is 2. The molecule has 0 radical (unpaired) electrons. The summed E-state index contributed by atoms with van der Waals surface area (Å²) in [5, 5.41) is 6.52. The molecule has 3 heterocycles. The normalized spacial score (nSPS) is 28.2. The van der Waals surface area contributed by atoms with Gasteiger partial charge in [0, 0.05) is 41.6 Å². The van der Waals surface area contributed by atoms with Gasteiger partial charge in [0.25, 0.3) is 0 Å². The number of hydrogen-bond acceptors (Lipinski definition) is 2. The van der Waals surface area contributed by atoms with Gasteiger partial charge in [-0.1, -0.05) is 28.1 Å². The van der Waals surface area contributed by atoms with Crippen molar-refractivity contribution in [3.63, 3.8) is 0 Å². The van der Waals surface area contributed by atoms with Crippen molar-refractivity contribution in [3.05, 3.63) is 34.3 Å². The number of carbonyl (C=O) groups is 1. The first-order chi connectivity index (χ1) is 9.54. The Morgan fingerprint density at radius 2 is 1.90 bits per heavy atom. The standard InChI is InChI=1S/C15H20BrN3O/c1-9(2)17-15(20)19-7-12-14(13(8-19)18-12)10-3-5-11(16)6-4-10/h3-6,9,12-14,18H,7-8H2,1-2H3,(H,17,20)/t12-,13+,14?. The molecule has 0 aliphatic carbocycles. The summed E-state index contributed by atoms with van der Waals surface area (Å²) in [7, 11) is 0. The van der Waals surface area contributed by atoms with Crippen molar-refractivity contribution in [2.24, 2.45) is 0 Å². The number of urea groups is 1. The summed E-state index contributed by atoms with van der Waals surface area (Å²) < 4.78 is 1.11. The third-order valence-electron chi connectivity index (χ3n) is 4.08. The number of piperazine rings is 1. The Morgan fingerprint density at radius 1 is 1.30 bits per heavy atom. The lowest BCUT2D eigenvalue weighted by Gasteiger charge is -2.54. The van der Waals surface area contributed by atoms with E-state index < -0.39 is 0 Å². The van der Waals surface area contributed by atoms with Gasteiger partial charge in [0.2, 0.25) is 0 Å². The van der Waals surface area contributed by atoms with E-state index in [0.29, 0.717) is 18.0 Å². The Hall–Kier alpha value is -1.07. The number of hydrogen-bond donors (Lipinski definition) is 2. The van der Waals surface area contributed by atoms with Crippen LogP contribution in [-0.2, 0) is 0 Å². The summed E-state index contributed by atoms with van der Waals surface area (Å²) >= 11 is 3.47. The highest BCUT2D eigenvalue weighted by molar-refractivity contribution is 9.10. The van der Waals surface area contributed by atoms with E-state index in [1.54, 1.807) is 0 Å². The molecule has 3 fully saturated rings. The topological polar surface area (TPSA) is 44.4 Å². The molecule has 0 saturated carbocycles. The van der Waals surface area contributed by atoms with Crippen LogP contribution in [-0.4, -0.2) is 42.1 Å². The predicted octanol–water partition coefficient (Wildman–Crippen LogP) is 2.31. The van der Waals surface area contributed by atoms with Crippen LogP contribution in [0.2, 0.25) is 0 Å². The molecule has 3 aliphatic rings. The van der Waals surface area contributed by atoms with E-state index in [-0.39, 0.29) is 12.1 Å². The molecule has 5 heteroatoms. The summed E-state index contributed by atoms with van der Waals surface area (Å²) in [5.74, 6) is 0.534. The molecule has 1 aromatic rings. The quantitative estimate of drug-likeness (QED) is 0.869. The van der Waals surface area contributed by atoms with Gasteiger partial charge in [-0.3, -0.25) is 0 Å². The lowest BCUT2D eigenvalue weighted by molar-refractivity contribution is 0.0704. The van der Waals surface area contributed by atoms with Crippen molar-refractivity contribution in [1.29, 1.82) is 0 Å². The fourth-order valence-corrected chi connectivity index (χ4v) is 3.44. The summed E-state index contributed by atoms with van der Waals surface area (Å²) in [5.41, 5.74) is 1.37. The van der Waals surface area contributed by atoms with E-state index in [2.05, 4.69) is 50.8 Å². The fraction of sp³-hybridized carbons (Fsp3) is 0.533. The molecule has 3 aliphatic heterocycles. The summed E-state index contributed by atoms with van der Waals surface area (Å²) in [6, 6.07) is 9.56. The van der Waals surface area contributed by atoms with Crippen LogP contribution < -0.4 is 10.6 Å². The minimum atomic E-state index is 0.0609. The van der Waals surface area contributed by atoms with Crippen molar-refractivity contribution >= 4 is 22.0 Å². The molecule has 2 N–H and O–H groups in total. The zero-order valence-corrected chi connectivity index (χ0v) is 13.4. The van der Waals surface area contributed by atoms with Crippen LogP contribution in [0.3, 0.4) is 0 Å². The number of carbonyl (C=O) groups excluding carboxylic acids is 1. The van der Waals surface area contributed by atoms with Crippen LogP contribution in [0.15, 0.2) is 28.7 Å². The number of halogens is 1. The second-order valence-corrected chi connectivity index (χ2v) is 6.88. The zero-order valence-electron chi connectivity index (χ0n) is 11.8. The van der Waals surface area contributed by atoms with Gasteiger partial charge in [-0.2, -0.15) is 0 Å². The molecule has 2 amide bonds. The number of fused-ring (bicyclic) bond motifs is 2. The van der Waals surface area contributed by atoms with Gasteiger partial charge in [0.15, 0.2) is 0 Å². The second kappa shape index (κ2) is 5.37. The van der Waals surface area contributed by atoms with Crippen LogP contribution in [0.5, 0.6) is 0 Å². The minimum absolute atomic E-state index is 0.0609. The van der Waals surface area contributed by atoms with E-state index in [1.165, 1.54) is 5.56 Å². The predicted molar refractivity (Wildman–Crippen MR) is 82.8 cm³/mol. The van der Waals surface area contributed by atoms with E-state index >= 15 is 0 Å².